The molecule has 4 N–H and O–H groups in total. The van der Waals surface area contributed by atoms with Gasteiger partial charge >= 0.3 is 5.97 Å². The topological polar surface area (TPSA) is 95.7 Å². The number of fused-ring (bicyclic) bond motifs is 1. The number of nitrogens with one attached hydrogen (secondary N) is 1. The van der Waals surface area contributed by atoms with E-state index in [1.807, 2.05) is 7.05 Å². The summed E-state index contributed by atoms with van der Waals surface area (Å²) in [6.07, 6.45) is 6.65. The fourth-order valence-electron chi connectivity index (χ4n) is 4.58. The third-order valence-corrected chi connectivity index (χ3v) is 7.20. The lowest BCUT2D eigenvalue weighted by Gasteiger charge is -2.32. The Labute approximate surface area is 165 Å². The monoisotopic (exact) mass is 393 g/mol. The van der Waals surface area contributed by atoms with Crippen LogP contribution in [0.4, 0.5) is 5.00 Å². The normalized spacial score (nSPS) is 24.5. The summed E-state index contributed by atoms with van der Waals surface area (Å²) in [5.74, 6) is 4.93. The van der Waals surface area contributed by atoms with Crippen molar-refractivity contribution in [2.45, 2.75) is 58.8 Å². The minimum Gasteiger partial charge on any atom is -0.478 e. The number of carboxylic acid groups (broad SMARTS) is 1. The van der Waals surface area contributed by atoms with E-state index in [2.05, 4.69) is 19.2 Å². The number of amides is 1. The smallest absolute Gasteiger partial charge is 0.339 e. The molecule has 150 valence electrons. The van der Waals surface area contributed by atoms with Gasteiger partial charge in [0.2, 0.25) is 5.91 Å². The molecule has 0 aromatic carbocycles. The number of nitrogens with two attached hydrogens (primary N) is 1. The van der Waals surface area contributed by atoms with E-state index in [1.54, 1.807) is 5.01 Å². The molecule has 3 rings (SSSR count). The van der Waals surface area contributed by atoms with Crippen LogP contribution in [0.1, 0.15) is 66.8 Å². The second-order valence-corrected chi connectivity index (χ2v) is 10.0. The first-order chi connectivity index (χ1) is 12.7. The predicted molar refractivity (Wildman–Crippen MR) is 108 cm³/mol. The maximum absolute atomic E-state index is 13.0. The van der Waals surface area contributed by atoms with Crippen LogP contribution < -0.4 is 11.2 Å². The van der Waals surface area contributed by atoms with E-state index in [9.17, 15) is 14.7 Å². The quantitative estimate of drug-likeness (QED) is 0.525. The van der Waals surface area contributed by atoms with Gasteiger partial charge in [-0.1, -0.05) is 26.7 Å². The molecule has 0 saturated heterocycles. The number of aromatic carboxylic acids is 1. The van der Waals surface area contributed by atoms with Gasteiger partial charge in [0.05, 0.1) is 5.56 Å². The maximum atomic E-state index is 13.0. The van der Waals surface area contributed by atoms with E-state index in [-0.39, 0.29) is 23.2 Å². The summed E-state index contributed by atoms with van der Waals surface area (Å²) in [6.45, 7) is 5.03. The first kappa shape index (κ1) is 20.3. The van der Waals surface area contributed by atoms with Gasteiger partial charge in [0.25, 0.3) is 0 Å². The lowest BCUT2D eigenvalue weighted by atomic mass is 9.76. The van der Waals surface area contributed by atoms with Crippen molar-refractivity contribution >= 4 is 28.2 Å². The minimum atomic E-state index is -0.942. The Bertz CT molecular complexity index is 726. The van der Waals surface area contributed by atoms with Crippen LogP contribution in [-0.4, -0.2) is 35.6 Å². The Morgan fingerprint density at radius 2 is 2.04 bits per heavy atom. The number of carboxylic acids is 1. The minimum absolute atomic E-state index is 0.0538. The summed E-state index contributed by atoms with van der Waals surface area (Å²) in [4.78, 5) is 26.1. The fourth-order valence-corrected chi connectivity index (χ4v) is 5.79. The SMILES string of the molecule is CN(N)C[C@H]1CCCC[C@@H]1C(=O)Nc1sc2c(c1C(=O)O)CC(C)(C)CC2. The lowest BCUT2D eigenvalue weighted by molar-refractivity contribution is -0.122. The standard InChI is InChI=1S/C20H31N3O3S/c1-20(2)9-8-15-14(10-20)16(19(25)26)18(27-15)22-17(24)13-7-5-4-6-12(13)11-23(3)21/h12-13H,4-11,21H2,1-3H3,(H,22,24)(H,25,26)/t12-,13+/m1/s1. The molecule has 1 amide bonds. The largest absolute Gasteiger partial charge is 0.478 e. The van der Waals surface area contributed by atoms with E-state index >= 15 is 0 Å². The van der Waals surface area contributed by atoms with Gasteiger partial charge in [-0.2, -0.15) is 0 Å². The molecule has 27 heavy (non-hydrogen) atoms. The van der Waals surface area contributed by atoms with E-state index < -0.39 is 5.97 Å². The van der Waals surface area contributed by atoms with Crippen molar-refractivity contribution in [2.75, 3.05) is 18.9 Å². The van der Waals surface area contributed by atoms with Gasteiger partial charge in [-0.05, 0) is 49.0 Å². The first-order valence-corrected chi connectivity index (χ1v) is 10.6. The zero-order valence-electron chi connectivity index (χ0n) is 16.5. The highest BCUT2D eigenvalue weighted by Gasteiger charge is 2.35. The molecule has 0 unspecified atom stereocenters. The summed E-state index contributed by atoms with van der Waals surface area (Å²) in [6, 6.07) is 0. The molecule has 1 fully saturated rings. The number of hydrogen-bond acceptors (Lipinski definition) is 5. The Kier molecular flexibility index (Phi) is 5.93. The number of carbonyl (C=O) groups is 2. The highest BCUT2D eigenvalue weighted by Crippen LogP contribution is 2.44. The maximum Gasteiger partial charge on any atom is 0.339 e. The van der Waals surface area contributed by atoms with Crippen LogP contribution in [0.2, 0.25) is 0 Å². The van der Waals surface area contributed by atoms with Gasteiger partial charge < -0.3 is 10.4 Å². The molecular weight excluding hydrogens is 362 g/mol. The van der Waals surface area contributed by atoms with Crippen molar-refractivity contribution in [1.29, 1.82) is 0 Å². The first-order valence-electron chi connectivity index (χ1n) is 9.82. The van der Waals surface area contributed by atoms with Crippen LogP contribution >= 0.6 is 11.3 Å². The molecule has 1 heterocycles. The van der Waals surface area contributed by atoms with Crippen molar-refractivity contribution < 1.29 is 14.7 Å². The molecule has 1 aromatic rings. The van der Waals surface area contributed by atoms with Crippen LogP contribution in [0.5, 0.6) is 0 Å². The molecule has 2 aliphatic rings. The van der Waals surface area contributed by atoms with Gasteiger partial charge in [0.15, 0.2) is 0 Å². The molecule has 2 atom stereocenters. The third kappa shape index (κ3) is 4.52. The Morgan fingerprint density at radius 1 is 1.33 bits per heavy atom. The Balaban J connectivity index is 1.83. The van der Waals surface area contributed by atoms with Crippen molar-refractivity contribution in [3.8, 4) is 0 Å². The summed E-state index contributed by atoms with van der Waals surface area (Å²) < 4.78 is 0. The van der Waals surface area contributed by atoms with Crippen molar-refractivity contribution in [2.24, 2.45) is 23.1 Å². The zero-order chi connectivity index (χ0) is 19.8. The van der Waals surface area contributed by atoms with Gasteiger partial charge in [0, 0.05) is 24.4 Å². The van der Waals surface area contributed by atoms with Crippen molar-refractivity contribution in [3.05, 3.63) is 16.0 Å². The predicted octanol–water partition coefficient (Wildman–Crippen LogP) is 3.51. The van der Waals surface area contributed by atoms with Gasteiger partial charge in [0.1, 0.15) is 5.00 Å². The Hall–Kier alpha value is -1.44. The zero-order valence-corrected chi connectivity index (χ0v) is 17.3. The van der Waals surface area contributed by atoms with Gasteiger partial charge in [-0.25, -0.2) is 9.80 Å². The third-order valence-electron chi connectivity index (χ3n) is 5.99. The molecular formula is C20H31N3O3S. The second kappa shape index (κ2) is 7.89. The van der Waals surface area contributed by atoms with Crippen LogP contribution in [0.3, 0.4) is 0 Å². The summed E-state index contributed by atoms with van der Waals surface area (Å²) >= 11 is 1.45. The summed E-state index contributed by atoms with van der Waals surface area (Å²) in [7, 11) is 1.82. The molecule has 0 radical (unpaired) electrons. The highest BCUT2D eigenvalue weighted by molar-refractivity contribution is 7.17. The van der Waals surface area contributed by atoms with E-state index in [1.165, 1.54) is 11.3 Å². The molecule has 2 aliphatic carbocycles. The summed E-state index contributed by atoms with van der Waals surface area (Å²) in [5, 5.41) is 15.0. The van der Waals surface area contributed by atoms with Crippen LogP contribution in [0.25, 0.3) is 0 Å². The van der Waals surface area contributed by atoms with Gasteiger partial charge in [-0.3, -0.25) is 10.6 Å². The number of nitrogens with zero attached hydrogens (tertiary/aromatic N) is 1. The molecule has 1 saturated carbocycles. The Morgan fingerprint density at radius 3 is 2.70 bits per heavy atom. The number of hydrogen-bond donors (Lipinski definition) is 3. The van der Waals surface area contributed by atoms with E-state index in [0.717, 1.165) is 55.4 Å². The molecule has 0 spiro atoms. The second-order valence-electron chi connectivity index (χ2n) is 8.93. The average molecular weight is 394 g/mol. The lowest BCUT2D eigenvalue weighted by Crippen LogP contribution is -2.40. The molecule has 0 aliphatic heterocycles. The molecule has 1 aromatic heterocycles. The number of thiophene rings is 1. The van der Waals surface area contributed by atoms with Crippen molar-refractivity contribution in [3.63, 3.8) is 0 Å². The molecule has 7 heteroatoms. The van der Waals surface area contributed by atoms with Crippen LogP contribution in [0.15, 0.2) is 0 Å². The van der Waals surface area contributed by atoms with Gasteiger partial charge in [-0.15, -0.1) is 11.3 Å². The molecule has 6 nitrogen and oxygen atoms in total. The number of anilines is 1. The average Bonchev–Trinajstić information content (AvgIpc) is 2.90. The number of carbonyl (C=O) groups excluding carboxylic acids is 1. The number of aryl methyl sites for hydroxylation is 1. The van der Waals surface area contributed by atoms with E-state index in [0.29, 0.717) is 17.1 Å². The number of hydrazine groups is 1. The summed E-state index contributed by atoms with van der Waals surface area (Å²) in [5.41, 5.74) is 1.32. The highest BCUT2D eigenvalue weighted by atomic mass is 32.1. The fraction of sp³-hybridized carbons (Fsp3) is 0.700. The van der Waals surface area contributed by atoms with Crippen LogP contribution in [0, 0.1) is 17.3 Å². The number of rotatable bonds is 5. The van der Waals surface area contributed by atoms with Crippen molar-refractivity contribution in [1.82, 2.24) is 5.01 Å². The van der Waals surface area contributed by atoms with E-state index in [4.69, 9.17) is 5.84 Å². The van der Waals surface area contributed by atoms with Crippen LogP contribution in [-0.2, 0) is 17.6 Å². The molecule has 0 bridgehead atoms.